The van der Waals surface area contributed by atoms with Crippen LogP contribution in [0.5, 0.6) is 0 Å². The maximum atomic E-state index is 13.0. The zero-order chi connectivity index (χ0) is 19.2. The van der Waals surface area contributed by atoms with Crippen molar-refractivity contribution >= 4 is 16.5 Å². The van der Waals surface area contributed by atoms with Gasteiger partial charge in [0.15, 0.2) is 0 Å². The quantitative estimate of drug-likeness (QED) is 0.658. The van der Waals surface area contributed by atoms with Crippen LogP contribution in [0, 0.1) is 5.82 Å². The first-order valence-corrected chi connectivity index (χ1v) is 10.2. The molecular formula is C21H23FN4OS. The van der Waals surface area contributed by atoms with E-state index in [1.165, 1.54) is 34.6 Å². The number of hydrogen-bond donors (Lipinski definition) is 1. The summed E-state index contributed by atoms with van der Waals surface area (Å²) >= 11 is 1.53. The Morgan fingerprint density at radius 1 is 0.929 bits per heavy atom. The standard InChI is InChI=1S/C21H23FN4OS/c22-19-7-5-16(6-8-19)13-20-24-25-21(28-20)23-14-17-1-3-18(4-2-17)15-26-9-11-27-12-10-26/h1-8H,9-15H2,(H,23,25). The van der Waals surface area contributed by atoms with E-state index >= 15 is 0 Å². The first-order chi connectivity index (χ1) is 13.7. The lowest BCUT2D eigenvalue weighted by molar-refractivity contribution is 0.0342. The summed E-state index contributed by atoms with van der Waals surface area (Å²) < 4.78 is 18.4. The number of morpholine rings is 1. The predicted octanol–water partition coefficient (Wildman–Crippen LogP) is 3.71. The summed E-state index contributed by atoms with van der Waals surface area (Å²) in [4.78, 5) is 2.42. The highest BCUT2D eigenvalue weighted by atomic mass is 32.1. The molecule has 0 amide bonds. The number of halogens is 1. The molecule has 1 aliphatic heterocycles. The van der Waals surface area contributed by atoms with Gasteiger partial charge < -0.3 is 10.1 Å². The predicted molar refractivity (Wildman–Crippen MR) is 109 cm³/mol. The fourth-order valence-electron chi connectivity index (χ4n) is 3.13. The molecule has 1 aromatic heterocycles. The van der Waals surface area contributed by atoms with Crippen LogP contribution in [0.1, 0.15) is 21.7 Å². The Morgan fingerprint density at radius 3 is 2.36 bits per heavy atom. The molecule has 0 unspecified atom stereocenters. The minimum atomic E-state index is -0.223. The molecule has 0 saturated carbocycles. The van der Waals surface area contributed by atoms with Crippen LogP contribution in [0.15, 0.2) is 48.5 Å². The largest absolute Gasteiger partial charge is 0.379 e. The number of benzene rings is 2. The Hall–Kier alpha value is -2.35. The molecule has 28 heavy (non-hydrogen) atoms. The molecule has 1 N–H and O–H groups in total. The molecule has 2 heterocycles. The number of hydrogen-bond acceptors (Lipinski definition) is 6. The minimum absolute atomic E-state index is 0.223. The van der Waals surface area contributed by atoms with Crippen molar-refractivity contribution in [3.63, 3.8) is 0 Å². The lowest BCUT2D eigenvalue weighted by atomic mass is 10.1. The van der Waals surface area contributed by atoms with Crippen molar-refractivity contribution in [2.45, 2.75) is 19.5 Å². The summed E-state index contributed by atoms with van der Waals surface area (Å²) in [5.74, 6) is -0.223. The molecule has 2 aromatic carbocycles. The molecule has 5 nitrogen and oxygen atoms in total. The van der Waals surface area contributed by atoms with Gasteiger partial charge in [-0.25, -0.2) is 4.39 Å². The monoisotopic (exact) mass is 398 g/mol. The van der Waals surface area contributed by atoms with Gasteiger partial charge in [0.25, 0.3) is 0 Å². The molecule has 3 aromatic rings. The number of anilines is 1. The van der Waals surface area contributed by atoms with Gasteiger partial charge >= 0.3 is 0 Å². The van der Waals surface area contributed by atoms with E-state index in [2.05, 4.69) is 44.7 Å². The van der Waals surface area contributed by atoms with E-state index in [4.69, 9.17) is 4.74 Å². The number of rotatable bonds is 7. The topological polar surface area (TPSA) is 50.3 Å². The van der Waals surface area contributed by atoms with Crippen molar-refractivity contribution in [2.75, 3.05) is 31.6 Å². The van der Waals surface area contributed by atoms with Crippen molar-refractivity contribution in [3.8, 4) is 0 Å². The van der Waals surface area contributed by atoms with Gasteiger partial charge in [-0.15, -0.1) is 10.2 Å². The van der Waals surface area contributed by atoms with Crippen LogP contribution in [-0.2, 0) is 24.2 Å². The molecule has 4 rings (SSSR count). The Labute approximate surface area is 168 Å². The van der Waals surface area contributed by atoms with E-state index in [1.807, 2.05) is 0 Å². The molecule has 0 atom stereocenters. The van der Waals surface area contributed by atoms with Gasteiger partial charge in [-0.1, -0.05) is 47.7 Å². The van der Waals surface area contributed by atoms with Gasteiger partial charge in [0, 0.05) is 32.6 Å². The average molecular weight is 399 g/mol. The van der Waals surface area contributed by atoms with Crippen LogP contribution in [-0.4, -0.2) is 41.4 Å². The van der Waals surface area contributed by atoms with E-state index in [0.717, 1.165) is 48.6 Å². The normalized spacial score (nSPS) is 14.9. The van der Waals surface area contributed by atoms with Crippen LogP contribution in [0.3, 0.4) is 0 Å². The maximum Gasteiger partial charge on any atom is 0.205 e. The highest BCUT2D eigenvalue weighted by Gasteiger charge is 2.10. The van der Waals surface area contributed by atoms with Crippen molar-refractivity contribution in [2.24, 2.45) is 0 Å². The van der Waals surface area contributed by atoms with Crippen molar-refractivity contribution in [3.05, 3.63) is 76.0 Å². The van der Waals surface area contributed by atoms with E-state index in [0.29, 0.717) is 13.0 Å². The zero-order valence-corrected chi connectivity index (χ0v) is 16.4. The molecule has 1 aliphatic rings. The van der Waals surface area contributed by atoms with Crippen LogP contribution >= 0.6 is 11.3 Å². The van der Waals surface area contributed by atoms with E-state index in [1.54, 1.807) is 12.1 Å². The summed E-state index contributed by atoms with van der Waals surface area (Å²) in [5.41, 5.74) is 3.56. The maximum absolute atomic E-state index is 13.0. The smallest absolute Gasteiger partial charge is 0.205 e. The van der Waals surface area contributed by atoms with E-state index < -0.39 is 0 Å². The highest BCUT2D eigenvalue weighted by Crippen LogP contribution is 2.20. The van der Waals surface area contributed by atoms with Crippen LogP contribution in [0.25, 0.3) is 0 Å². The Morgan fingerprint density at radius 2 is 1.61 bits per heavy atom. The summed E-state index contributed by atoms with van der Waals surface area (Å²) in [6.07, 6.45) is 0.663. The van der Waals surface area contributed by atoms with Crippen molar-refractivity contribution in [1.82, 2.24) is 15.1 Å². The highest BCUT2D eigenvalue weighted by molar-refractivity contribution is 7.15. The Bertz CT molecular complexity index is 876. The lowest BCUT2D eigenvalue weighted by Crippen LogP contribution is -2.35. The molecule has 146 valence electrons. The van der Waals surface area contributed by atoms with Gasteiger partial charge in [0.1, 0.15) is 10.8 Å². The number of ether oxygens (including phenoxy) is 1. The average Bonchev–Trinajstić information content (AvgIpc) is 3.17. The first-order valence-electron chi connectivity index (χ1n) is 9.43. The fraction of sp³-hybridized carbons (Fsp3) is 0.333. The summed E-state index contributed by atoms with van der Waals surface area (Å²) in [7, 11) is 0. The van der Waals surface area contributed by atoms with E-state index in [-0.39, 0.29) is 5.82 Å². The Kier molecular flexibility index (Phi) is 6.26. The second-order valence-electron chi connectivity index (χ2n) is 6.86. The molecular weight excluding hydrogens is 375 g/mol. The second-order valence-corrected chi connectivity index (χ2v) is 7.92. The summed E-state index contributed by atoms with van der Waals surface area (Å²) in [6.45, 7) is 5.34. The van der Waals surface area contributed by atoms with Gasteiger partial charge in [0.2, 0.25) is 5.13 Å². The van der Waals surface area contributed by atoms with Gasteiger partial charge in [-0.05, 0) is 28.8 Å². The number of nitrogens with zero attached hydrogens (tertiary/aromatic N) is 3. The van der Waals surface area contributed by atoms with Crippen molar-refractivity contribution < 1.29 is 9.13 Å². The second kappa shape index (κ2) is 9.23. The Balaban J connectivity index is 1.27. The van der Waals surface area contributed by atoms with Crippen LogP contribution in [0.2, 0.25) is 0 Å². The molecule has 0 spiro atoms. The molecule has 0 aliphatic carbocycles. The minimum Gasteiger partial charge on any atom is -0.379 e. The SMILES string of the molecule is Fc1ccc(Cc2nnc(NCc3ccc(CN4CCOCC4)cc3)s2)cc1. The van der Waals surface area contributed by atoms with E-state index in [9.17, 15) is 4.39 Å². The summed E-state index contributed by atoms with van der Waals surface area (Å²) in [5, 5.41) is 13.5. The molecule has 1 fully saturated rings. The number of aromatic nitrogens is 2. The molecule has 0 bridgehead atoms. The van der Waals surface area contributed by atoms with Gasteiger partial charge in [-0.3, -0.25) is 4.90 Å². The third-order valence-corrected chi connectivity index (χ3v) is 5.59. The molecule has 0 radical (unpaired) electrons. The zero-order valence-electron chi connectivity index (χ0n) is 15.6. The first kappa shape index (κ1) is 19.0. The van der Waals surface area contributed by atoms with Crippen LogP contribution < -0.4 is 5.32 Å². The summed E-state index contributed by atoms with van der Waals surface area (Å²) in [6, 6.07) is 15.2. The molecule has 1 saturated heterocycles. The van der Waals surface area contributed by atoms with Crippen LogP contribution in [0.4, 0.5) is 9.52 Å². The lowest BCUT2D eigenvalue weighted by Gasteiger charge is -2.26. The van der Waals surface area contributed by atoms with Crippen molar-refractivity contribution in [1.29, 1.82) is 0 Å². The fourth-order valence-corrected chi connectivity index (χ4v) is 3.90. The number of nitrogens with one attached hydrogen (secondary N) is 1. The van der Waals surface area contributed by atoms with Gasteiger partial charge in [0.05, 0.1) is 13.2 Å². The third kappa shape index (κ3) is 5.34. The third-order valence-electron chi connectivity index (χ3n) is 4.71. The van der Waals surface area contributed by atoms with Gasteiger partial charge in [-0.2, -0.15) is 0 Å². The molecule has 7 heteroatoms.